The summed E-state index contributed by atoms with van der Waals surface area (Å²) in [6.45, 7) is 1.57. The SMILES string of the molecule is COC1=C[C@]2(O)[C@@H]3Cc4ccc(OC)c(OCc5ccc(OCc6ccccc6)cc5)c4[C@]2(CCN3C)CC1=O. The number of ketones is 1. The third-order valence-corrected chi connectivity index (χ3v) is 8.88. The molecule has 7 heteroatoms. The van der Waals surface area contributed by atoms with Crippen LogP contribution in [0.1, 0.15) is 35.1 Å². The molecule has 40 heavy (non-hydrogen) atoms. The number of nitrogens with zero attached hydrogens (tertiary/aromatic N) is 1. The Morgan fingerprint density at radius 3 is 2.38 bits per heavy atom. The molecule has 1 saturated heterocycles. The monoisotopic (exact) mass is 541 g/mol. The smallest absolute Gasteiger partial charge is 0.198 e. The maximum absolute atomic E-state index is 13.2. The number of hydrogen-bond donors (Lipinski definition) is 1. The summed E-state index contributed by atoms with van der Waals surface area (Å²) < 4.78 is 23.6. The molecule has 2 bridgehead atoms. The van der Waals surface area contributed by atoms with Gasteiger partial charge in [-0.2, -0.15) is 0 Å². The maximum Gasteiger partial charge on any atom is 0.198 e. The summed E-state index contributed by atoms with van der Waals surface area (Å²) in [5.41, 5.74) is 1.91. The largest absolute Gasteiger partial charge is 0.493 e. The predicted octanol–water partition coefficient (Wildman–Crippen LogP) is 4.59. The zero-order valence-electron chi connectivity index (χ0n) is 23.2. The highest BCUT2D eigenvalue weighted by atomic mass is 16.5. The summed E-state index contributed by atoms with van der Waals surface area (Å²) in [7, 11) is 5.13. The molecule has 0 amide bonds. The lowest BCUT2D eigenvalue weighted by molar-refractivity contribution is -0.141. The van der Waals surface area contributed by atoms with Gasteiger partial charge in [-0.1, -0.05) is 48.5 Å². The van der Waals surface area contributed by atoms with Crippen molar-refractivity contribution in [3.8, 4) is 17.2 Å². The van der Waals surface area contributed by atoms with Gasteiger partial charge in [0.25, 0.3) is 0 Å². The lowest BCUT2D eigenvalue weighted by Gasteiger charge is -2.61. The second-order valence-corrected chi connectivity index (χ2v) is 11.0. The quantitative estimate of drug-likeness (QED) is 0.447. The number of likely N-dealkylation sites (N-methyl/N-ethyl adjacent to an activating group) is 1. The van der Waals surface area contributed by atoms with Gasteiger partial charge in [0, 0.05) is 23.4 Å². The normalized spacial score (nSPS) is 25.4. The van der Waals surface area contributed by atoms with Crippen molar-refractivity contribution in [2.45, 2.75) is 49.5 Å². The van der Waals surface area contributed by atoms with E-state index in [9.17, 15) is 9.90 Å². The van der Waals surface area contributed by atoms with Crippen LogP contribution in [0.5, 0.6) is 17.2 Å². The molecule has 3 aliphatic rings. The van der Waals surface area contributed by atoms with E-state index >= 15 is 0 Å². The second-order valence-electron chi connectivity index (χ2n) is 11.0. The van der Waals surface area contributed by atoms with Gasteiger partial charge in [0.2, 0.25) is 0 Å². The van der Waals surface area contributed by atoms with E-state index < -0.39 is 11.0 Å². The van der Waals surface area contributed by atoms with Gasteiger partial charge in [-0.05, 0) is 67.4 Å². The molecule has 1 fully saturated rings. The van der Waals surface area contributed by atoms with Gasteiger partial charge in [-0.25, -0.2) is 0 Å². The molecule has 0 unspecified atom stereocenters. The first-order valence-corrected chi connectivity index (χ1v) is 13.7. The third kappa shape index (κ3) is 4.25. The van der Waals surface area contributed by atoms with Crippen LogP contribution in [0, 0.1) is 0 Å². The average molecular weight is 542 g/mol. The number of carbonyl (C=O) groups is 1. The summed E-state index contributed by atoms with van der Waals surface area (Å²) in [4.78, 5) is 15.4. The molecule has 1 aliphatic heterocycles. The van der Waals surface area contributed by atoms with E-state index in [2.05, 4.69) is 4.90 Å². The van der Waals surface area contributed by atoms with E-state index in [1.165, 1.54) is 7.11 Å². The number of rotatable bonds is 8. The fourth-order valence-corrected chi connectivity index (χ4v) is 6.77. The number of Topliss-reactive ketones (excluding diaryl/α,β-unsaturated/α-hetero) is 1. The van der Waals surface area contributed by atoms with Crippen LogP contribution in [-0.4, -0.2) is 55.2 Å². The molecular formula is C33H35NO6. The first-order chi connectivity index (χ1) is 19.4. The van der Waals surface area contributed by atoms with Crippen molar-refractivity contribution in [2.24, 2.45) is 0 Å². The van der Waals surface area contributed by atoms with Gasteiger partial charge in [0.05, 0.1) is 14.2 Å². The molecule has 6 rings (SSSR count). The van der Waals surface area contributed by atoms with E-state index in [1.807, 2.05) is 73.8 Å². The van der Waals surface area contributed by atoms with E-state index in [0.29, 0.717) is 37.6 Å². The second kappa shape index (κ2) is 10.3. The Morgan fingerprint density at radius 2 is 1.65 bits per heavy atom. The Hall–Kier alpha value is -3.81. The van der Waals surface area contributed by atoms with Crippen molar-refractivity contribution >= 4 is 5.78 Å². The minimum atomic E-state index is -1.28. The van der Waals surface area contributed by atoms with Crippen molar-refractivity contribution in [2.75, 3.05) is 27.8 Å². The first kappa shape index (κ1) is 26.4. The van der Waals surface area contributed by atoms with Gasteiger partial charge >= 0.3 is 0 Å². The predicted molar refractivity (Wildman–Crippen MR) is 151 cm³/mol. The fourth-order valence-electron chi connectivity index (χ4n) is 6.77. The van der Waals surface area contributed by atoms with Gasteiger partial charge in [-0.3, -0.25) is 9.69 Å². The highest BCUT2D eigenvalue weighted by molar-refractivity contribution is 5.97. The molecule has 0 aromatic heterocycles. The number of allylic oxidation sites excluding steroid dienone is 1. The van der Waals surface area contributed by atoms with Crippen molar-refractivity contribution in [1.82, 2.24) is 4.90 Å². The van der Waals surface area contributed by atoms with Crippen LogP contribution in [0.4, 0.5) is 0 Å². The zero-order chi connectivity index (χ0) is 27.9. The number of aliphatic hydroxyl groups is 1. The van der Waals surface area contributed by atoms with Crippen LogP contribution in [-0.2, 0) is 34.6 Å². The summed E-state index contributed by atoms with van der Waals surface area (Å²) in [6, 6.07) is 21.7. The van der Waals surface area contributed by atoms with Crippen molar-refractivity contribution in [3.63, 3.8) is 0 Å². The van der Waals surface area contributed by atoms with E-state index in [-0.39, 0.29) is 24.0 Å². The lowest BCUT2D eigenvalue weighted by atomic mass is 9.51. The lowest BCUT2D eigenvalue weighted by Crippen LogP contribution is -2.71. The molecule has 1 N–H and O–H groups in total. The molecule has 208 valence electrons. The van der Waals surface area contributed by atoms with E-state index in [0.717, 1.165) is 34.5 Å². The average Bonchev–Trinajstić information content (AvgIpc) is 2.97. The summed E-state index contributed by atoms with van der Waals surface area (Å²) >= 11 is 0. The first-order valence-electron chi connectivity index (χ1n) is 13.7. The number of ether oxygens (including phenoxy) is 4. The Labute approximate surface area is 234 Å². The molecular weight excluding hydrogens is 506 g/mol. The summed E-state index contributed by atoms with van der Waals surface area (Å²) in [6.07, 6.45) is 3.04. The summed E-state index contributed by atoms with van der Waals surface area (Å²) in [5, 5.41) is 12.4. The number of hydrogen-bond acceptors (Lipinski definition) is 7. The third-order valence-electron chi connectivity index (χ3n) is 8.88. The Morgan fingerprint density at radius 1 is 0.925 bits per heavy atom. The number of fused-ring (bicyclic) bond motifs is 1. The van der Waals surface area contributed by atoms with Crippen LogP contribution in [0.25, 0.3) is 0 Å². The molecule has 0 spiro atoms. The van der Waals surface area contributed by atoms with Crippen LogP contribution in [0.3, 0.4) is 0 Å². The Bertz CT molecular complexity index is 1440. The van der Waals surface area contributed by atoms with Crippen LogP contribution < -0.4 is 14.2 Å². The molecule has 3 atom stereocenters. The van der Waals surface area contributed by atoms with Crippen molar-refractivity contribution in [3.05, 3.63) is 101 Å². The van der Waals surface area contributed by atoms with Gasteiger partial charge in [0.1, 0.15) is 24.6 Å². The number of methoxy groups -OCH3 is 2. The van der Waals surface area contributed by atoms with Gasteiger partial charge < -0.3 is 24.1 Å². The maximum atomic E-state index is 13.2. The Balaban J connectivity index is 1.31. The number of benzene rings is 3. The number of carbonyl (C=O) groups excluding carboxylic acids is 1. The van der Waals surface area contributed by atoms with Crippen molar-refractivity contribution < 1.29 is 28.8 Å². The van der Waals surface area contributed by atoms with Gasteiger partial charge in [0.15, 0.2) is 23.0 Å². The highest BCUT2D eigenvalue weighted by Gasteiger charge is 2.65. The topological polar surface area (TPSA) is 77.5 Å². The molecule has 2 aliphatic carbocycles. The Kier molecular flexibility index (Phi) is 6.80. The molecule has 0 saturated carbocycles. The molecule has 0 radical (unpaired) electrons. The van der Waals surface area contributed by atoms with Crippen molar-refractivity contribution in [1.29, 1.82) is 0 Å². The van der Waals surface area contributed by atoms with Crippen LogP contribution in [0.15, 0.2) is 78.6 Å². The standard InChI is InChI=1S/C33H35NO6/c1-34-16-15-32-18-26(35)28(38-3)19-33(32,36)29(34)17-24-11-14-27(37-2)31(30(24)32)40-21-23-9-12-25(13-10-23)39-20-22-7-5-4-6-8-22/h4-14,19,29,36H,15-18,20-21H2,1-3H3/t29-,32-,33-/m0/s1. The highest BCUT2D eigenvalue weighted by Crippen LogP contribution is 2.59. The van der Waals surface area contributed by atoms with E-state index in [4.69, 9.17) is 18.9 Å². The molecule has 3 aromatic carbocycles. The molecule has 1 heterocycles. The number of likely N-dealkylation sites (tertiary alicyclic amines) is 1. The van der Waals surface area contributed by atoms with Crippen LogP contribution >= 0.6 is 0 Å². The number of piperidine rings is 1. The summed E-state index contributed by atoms with van der Waals surface area (Å²) in [5.74, 6) is 2.08. The van der Waals surface area contributed by atoms with Crippen LogP contribution in [0.2, 0.25) is 0 Å². The minimum Gasteiger partial charge on any atom is -0.493 e. The minimum absolute atomic E-state index is 0.108. The molecule has 3 aromatic rings. The van der Waals surface area contributed by atoms with E-state index in [1.54, 1.807) is 13.2 Å². The fraction of sp³-hybridized carbons (Fsp3) is 0.364. The zero-order valence-corrected chi connectivity index (χ0v) is 23.2. The molecule has 7 nitrogen and oxygen atoms in total. The van der Waals surface area contributed by atoms with Gasteiger partial charge in [-0.15, -0.1) is 0 Å².